The average molecular weight is 261 g/mol. The third-order valence-corrected chi connectivity index (χ3v) is 2.84. The van der Waals surface area contributed by atoms with Crippen molar-refractivity contribution in [2.45, 2.75) is 6.54 Å². The van der Waals surface area contributed by atoms with Crippen LogP contribution < -0.4 is 10.6 Å². The number of halogens is 1. The molecule has 0 aliphatic heterocycles. The number of benzene rings is 1. The number of hydrogen-bond donors (Lipinski definition) is 2. The molecule has 1 aromatic heterocycles. The van der Waals surface area contributed by atoms with Gasteiger partial charge in [0.15, 0.2) is 0 Å². The Hall–Kier alpha value is -2.37. The second-order valence-electron chi connectivity index (χ2n) is 4.45. The van der Waals surface area contributed by atoms with Crippen LogP contribution >= 0.6 is 0 Å². The molecule has 1 heterocycles. The van der Waals surface area contributed by atoms with Crippen LogP contribution in [0.25, 0.3) is 0 Å². The van der Waals surface area contributed by atoms with Gasteiger partial charge in [-0.2, -0.15) is 5.10 Å². The Bertz CT molecular complexity index is 605. The van der Waals surface area contributed by atoms with E-state index in [0.717, 1.165) is 11.3 Å². The number of nitrogens with two attached hydrogens (primary N) is 1. The highest BCUT2D eigenvalue weighted by Crippen LogP contribution is 2.21. The molecule has 2 rings (SSSR count). The fourth-order valence-corrected chi connectivity index (χ4v) is 1.97. The summed E-state index contributed by atoms with van der Waals surface area (Å²) in [6.07, 6.45) is 3.68. The zero-order chi connectivity index (χ0) is 14.0. The number of nitrogens with one attached hydrogen (secondary N) is 1. The molecular formula is C13H16FN5. The zero-order valence-corrected chi connectivity index (χ0v) is 10.9. The third kappa shape index (κ3) is 2.90. The van der Waals surface area contributed by atoms with Crippen LogP contribution in [0.15, 0.2) is 30.6 Å². The predicted molar refractivity (Wildman–Crippen MR) is 72.7 cm³/mol. The maximum atomic E-state index is 13.2. The van der Waals surface area contributed by atoms with Crippen molar-refractivity contribution >= 4 is 11.5 Å². The van der Waals surface area contributed by atoms with Gasteiger partial charge in [-0.3, -0.25) is 10.1 Å². The molecule has 0 spiro atoms. The minimum Gasteiger partial charge on any atom is -0.384 e. The van der Waals surface area contributed by atoms with Crippen molar-refractivity contribution in [2.75, 3.05) is 11.9 Å². The maximum absolute atomic E-state index is 13.2. The molecule has 0 atom stereocenters. The second-order valence-corrected chi connectivity index (χ2v) is 4.45. The number of anilines is 1. The summed E-state index contributed by atoms with van der Waals surface area (Å²) in [5.74, 6) is -0.545. The fraction of sp³-hybridized carbons (Fsp3) is 0.231. The van der Waals surface area contributed by atoms with Crippen LogP contribution in [-0.2, 0) is 13.6 Å². The predicted octanol–water partition coefficient (Wildman–Crippen LogP) is 1.48. The summed E-state index contributed by atoms with van der Waals surface area (Å²) in [6, 6.07) is 4.27. The Balaban J connectivity index is 2.28. The minimum atomic E-state index is -0.399. The first kappa shape index (κ1) is 13.1. The third-order valence-electron chi connectivity index (χ3n) is 2.84. The molecule has 0 radical (unpaired) electrons. The van der Waals surface area contributed by atoms with Gasteiger partial charge in [0.05, 0.1) is 6.20 Å². The molecule has 19 heavy (non-hydrogen) atoms. The van der Waals surface area contributed by atoms with Crippen LogP contribution in [-0.4, -0.2) is 22.7 Å². The molecule has 6 heteroatoms. The second kappa shape index (κ2) is 5.09. The summed E-state index contributed by atoms with van der Waals surface area (Å²) in [5, 5.41) is 11.6. The van der Waals surface area contributed by atoms with Crippen LogP contribution in [0, 0.1) is 11.2 Å². The van der Waals surface area contributed by atoms with Crippen LogP contribution in [0.2, 0.25) is 0 Å². The molecule has 2 aromatic rings. The number of aromatic nitrogens is 2. The summed E-state index contributed by atoms with van der Waals surface area (Å²) in [7, 11) is 3.72. The highest BCUT2D eigenvalue weighted by Gasteiger charge is 2.12. The van der Waals surface area contributed by atoms with Gasteiger partial charge in [-0.05, 0) is 18.2 Å². The topological polar surface area (TPSA) is 70.9 Å². The van der Waals surface area contributed by atoms with Gasteiger partial charge in [0.1, 0.15) is 11.7 Å². The molecule has 3 N–H and O–H groups in total. The minimum absolute atomic E-state index is 0.146. The fourth-order valence-electron chi connectivity index (χ4n) is 1.97. The Kier molecular flexibility index (Phi) is 3.50. The van der Waals surface area contributed by atoms with Crippen molar-refractivity contribution in [1.29, 1.82) is 5.41 Å². The van der Waals surface area contributed by atoms with Gasteiger partial charge in [-0.1, -0.05) is 0 Å². The van der Waals surface area contributed by atoms with E-state index < -0.39 is 5.82 Å². The van der Waals surface area contributed by atoms with E-state index in [9.17, 15) is 4.39 Å². The molecule has 0 fully saturated rings. The number of hydrogen-bond acceptors (Lipinski definition) is 3. The lowest BCUT2D eigenvalue weighted by Gasteiger charge is -2.21. The smallest absolute Gasteiger partial charge is 0.125 e. The molecule has 1 aromatic carbocycles. The van der Waals surface area contributed by atoms with Crippen molar-refractivity contribution in [1.82, 2.24) is 9.78 Å². The van der Waals surface area contributed by atoms with E-state index in [4.69, 9.17) is 11.1 Å². The van der Waals surface area contributed by atoms with E-state index in [2.05, 4.69) is 5.10 Å². The van der Waals surface area contributed by atoms with Crippen LogP contribution in [0.3, 0.4) is 0 Å². The first-order valence-electron chi connectivity index (χ1n) is 5.80. The van der Waals surface area contributed by atoms with Gasteiger partial charge in [0.2, 0.25) is 0 Å². The number of nitrogen functional groups attached to an aromatic ring is 1. The molecular weight excluding hydrogens is 245 g/mol. The molecule has 0 amide bonds. The van der Waals surface area contributed by atoms with Crippen LogP contribution in [0.5, 0.6) is 0 Å². The zero-order valence-electron chi connectivity index (χ0n) is 10.9. The first-order valence-corrected chi connectivity index (χ1v) is 5.80. The van der Waals surface area contributed by atoms with E-state index >= 15 is 0 Å². The summed E-state index contributed by atoms with van der Waals surface area (Å²) in [6.45, 7) is 0.611. The van der Waals surface area contributed by atoms with Gasteiger partial charge in [0.25, 0.3) is 0 Å². The van der Waals surface area contributed by atoms with Crippen LogP contribution in [0.4, 0.5) is 10.1 Å². The van der Waals surface area contributed by atoms with Gasteiger partial charge in [-0.25, -0.2) is 4.39 Å². The lowest BCUT2D eigenvalue weighted by molar-refractivity contribution is 0.627. The van der Waals surface area contributed by atoms with Crippen molar-refractivity contribution < 1.29 is 4.39 Å². The Morgan fingerprint density at radius 2 is 2.26 bits per heavy atom. The van der Waals surface area contributed by atoms with Crippen molar-refractivity contribution in [3.63, 3.8) is 0 Å². The van der Waals surface area contributed by atoms with Gasteiger partial charge >= 0.3 is 0 Å². The van der Waals surface area contributed by atoms with E-state index in [1.54, 1.807) is 16.9 Å². The highest BCUT2D eigenvalue weighted by atomic mass is 19.1. The standard InChI is InChI=1S/C13H16FN5/c1-18(7-9-6-17-19(2)8-9)12-4-3-10(14)5-11(12)13(15)16/h3-6,8H,7H2,1-2H3,(H3,15,16). The first-order chi connectivity index (χ1) is 8.97. The van der Waals surface area contributed by atoms with E-state index in [1.807, 2.05) is 25.2 Å². The Morgan fingerprint density at radius 3 is 2.84 bits per heavy atom. The van der Waals surface area contributed by atoms with Crippen molar-refractivity contribution in [2.24, 2.45) is 12.8 Å². The van der Waals surface area contributed by atoms with E-state index in [1.165, 1.54) is 12.1 Å². The summed E-state index contributed by atoms with van der Waals surface area (Å²) in [5.41, 5.74) is 7.64. The average Bonchev–Trinajstić information content (AvgIpc) is 2.74. The molecule has 0 bridgehead atoms. The lowest BCUT2D eigenvalue weighted by atomic mass is 10.1. The summed E-state index contributed by atoms with van der Waals surface area (Å²) >= 11 is 0. The lowest BCUT2D eigenvalue weighted by Crippen LogP contribution is -2.22. The van der Waals surface area contributed by atoms with Crippen molar-refractivity contribution in [3.05, 3.63) is 47.5 Å². The quantitative estimate of drug-likeness (QED) is 0.647. The highest BCUT2D eigenvalue weighted by molar-refractivity contribution is 6.00. The van der Waals surface area contributed by atoms with Gasteiger partial charge in [0, 0.05) is 43.7 Å². The number of rotatable bonds is 4. The van der Waals surface area contributed by atoms with Crippen molar-refractivity contribution in [3.8, 4) is 0 Å². The number of nitrogens with zero attached hydrogens (tertiary/aromatic N) is 3. The SMILES string of the molecule is CN(Cc1cnn(C)c1)c1ccc(F)cc1C(=N)N. The Morgan fingerprint density at radius 1 is 1.53 bits per heavy atom. The van der Waals surface area contributed by atoms with Gasteiger partial charge in [-0.15, -0.1) is 0 Å². The number of aryl methyl sites for hydroxylation is 1. The summed E-state index contributed by atoms with van der Waals surface area (Å²) in [4.78, 5) is 1.91. The monoisotopic (exact) mass is 261 g/mol. The Labute approximate surface area is 111 Å². The maximum Gasteiger partial charge on any atom is 0.125 e. The van der Waals surface area contributed by atoms with E-state index in [-0.39, 0.29) is 5.84 Å². The molecule has 0 aliphatic carbocycles. The largest absolute Gasteiger partial charge is 0.384 e. The van der Waals surface area contributed by atoms with Crippen LogP contribution in [0.1, 0.15) is 11.1 Å². The normalized spacial score (nSPS) is 10.5. The molecule has 5 nitrogen and oxygen atoms in total. The molecule has 100 valence electrons. The van der Waals surface area contributed by atoms with Gasteiger partial charge < -0.3 is 10.6 Å². The molecule has 0 aliphatic rings. The molecule has 0 saturated heterocycles. The van der Waals surface area contributed by atoms with E-state index in [0.29, 0.717) is 12.1 Å². The molecule has 0 saturated carbocycles. The number of amidine groups is 1. The summed E-state index contributed by atoms with van der Waals surface area (Å²) < 4.78 is 14.9. The molecule has 0 unspecified atom stereocenters.